The van der Waals surface area contributed by atoms with Gasteiger partial charge in [-0.15, -0.1) is 0 Å². The molecule has 2 atom stereocenters. The van der Waals surface area contributed by atoms with Crippen LogP contribution in [0, 0.1) is 11.1 Å². The number of hydrogen-bond donors (Lipinski definition) is 3. The van der Waals surface area contributed by atoms with Crippen molar-refractivity contribution in [1.82, 2.24) is 15.3 Å². The summed E-state index contributed by atoms with van der Waals surface area (Å²) in [6.07, 6.45) is 1.51. The Morgan fingerprint density at radius 2 is 1.83 bits per heavy atom. The van der Waals surface area contributed by atoms with Crippen molar-refractivity contribution in [3.05, 3.63) is 82.6 Å². The van der Waals surface area contributed by atoms with E-state index in [0.717, 1.165) is 47.8 Å². The molecule has 5 rings (SSSR count). The van der Waals surface area contributed by atoms with Crippen LogP contribution in [0.3, 0.4) is 0 Å². The van der Waals surface area contributed by atoms with Gasteiger partial charge in [-0.2, -0.15) is 4.99 Å². The van der Waals surface area contributed by atoms with E-state index in [4.69, 9.17) is 10.5 Å². The predicted octanol–water partition coefficient (Wildman–Crippen LogP) is 4.53. The zero-order valence-corrected chi connectivity index (χ0v) is 24.0. The molecule has 2 aliphatic heterocycles. The third-order valence-corrected chi connectivity index (χ3v) is 7.92. The minimum atomic E-state index is -0.857. The highest BCUT2D eigenvalue weighted by atomic mass is 16.6. The molecule has 2 amide bonds. The van der Waals surface area contributed by atoms with Gasteiger partial charge < -0.3 is 31.0 Å². The molecule has 9 nitrogen and oxygen atoms in total. The quantitative estimate of drug-likeness (QED) is 0.177. The summed E-state index contributed by atoms with van der Waals surface area (Å²) < 4.78 is 4.43. The number of benzene rings is 3. The molecule has 1 saturated heterocycles. The van der Waals surface area contributed by atoms with Crippen molar-refractivity contribution in [2.45, 2.75) is 58.2 Å². The molecule has 0 aromatic heterocycles. The second kappa shape index (κ2) is 11.6. The number of nitrogens with one attached hydrogen (secondary N) is 2. The Bertz CT molecular complexity index is 1470. The summed E-state index contributed by atoms with van der Waals surface area (Å²) in [5, 5.41) is 23.5. The number of hydroxylamine groups is 2. The number of quaternary nitrogens is 1. The van der Waals surface area contributed by atoms with E-state index in [9.17, 15) is 9.59 Å². The summed E-state index contributed by atoms with van der Waals surface area (Å²) in [7, 11) is 0. The molecule has 9 heteroatoms. The summed E-state index contributed by atoms with van der Waals surface area (Å²) in [6, 6.07) is 18.2. The maximum atomic E-state index is 15.0. The molecule has 0 radical (unpaired) electrons. The first-order valence-corrected chi connectivity index (χ1v) is 14.3. The Kier molecular flexibility index (Phi) is 8.13. The molecule has 0 spiro atoms. The number of nitrogens with zero attached hydrogens (tertiary/aromatic N) is 2. The van der Waals surface area contributed by atoms with Gasteiger partial charge in [0.1, 0.15) is 23.7 Å². The smallest absolute Gasteiger partial charge is 0.436 e. The van der Waals surface area contributed by atoms with Crippen LogP contribution in [-0.2, 0) is 22.5 Å². The van der Waals surface area contributed by atoms with Gasteiger partial charge in [-0.05, 0) is 63.4 Å². The van der Waals surface area contributed by atoms with Crippen molar-refractivity contribution in [2.24, 2.45) is 16.6 Å². The molecule has 2 heterocycles. The summed E-state index contributed by atoms with van der Waals surface area (Å²) in [5.41, 5.74) is 8.03. The number of piperidine rings is 1. The molecule has 0 aliphatic carbocycles. The third-order valence-electron chi connectivity index (χ3n) is 7.92. The summed E-state index contributed by atoms with van der Waals surface area (Å²) in [4.78, 5) is 29.9. The lowest BCUT2D eigenvalue weighted by Crippen LogP contribution is -2.56. The minimum Gasteiger partial charge on any atom is -0.627 e. The van der Waals surface area contributed by atoms with Crippen molar-refractivity contribution >= 4 is 34.3 Å². The monoisotopic (exact) mass is 557 g/mol. The lowest BCUT2D eigenvalue weighted by atomic mass is 9.98. The van der Waals surface area contributed by atoms with Crippen molar-refractivity contribution in [3.63, 3.8) is 0 Å². The van der Waals surface area contributed by atoms with Crippen LogP contribution in [-0.4, -0.2) is 49.1 Å². The molecular weight excluding hydrogens is 518 g/mol. The average Bonchev–Trinajstić information content (AvgIpc) is 3.23. The highest BCUT2D eigenvalue weighted by Crippen LogP contribution is 2.41. The number of fused-ring (bicyclic) bond motifs is 2. The Balaban J connectivity index is 1.49. The molecule has 2 aliphatic rings. The van der Waals surface area contributed by atoms with E-state index < -0.39 is 22.4 Å². The van der Waals surface area contributed by atoms with Gasteiger partial charge in [-0.25, -0.2) is 4.79 Å². The van der Waals surface area contributed by atoms with Crippen LogP contribution < -0.4 is 21.0 Å². The number of rotatable bonds is 6. The molecular formula is C32H39N5O4. The van der Waals surface area contributed by atoms with Gasteiger partial charge in [0.2, 0.25) is 0 Å². The highest BCUT2D eigenvalue weighted by molar-refractivity contribution is 6.03. The standard InChI is InChI=1S/C32H39N5O4/c1-32(2,3)41-31(39)36-29(33)24-12-11-23-17-28(30(38)35-19-21-13-15-34-16-14-21)37(40,27(23)18-24)20-25-9-6-8-22-7-4-5-10-26(22)25/h4-12,18,21,28,34H,13-17,19-20H2,1-3H3,(H,35,38)(H2,33,36,39). The van der Waals surface area contributed by atoms with Crippen molar-refractivity contribution < 1.29 is 14.3 Å². The van der Waals surface area contributed by atoms with Crippen LogP contribution in [0.15, 0.2) is 65.7 Å². The van der Waals surface area contributed by atoms with Crippen LogP contribution >= 0.6 is 0 Å². The minimum absolute atomic E-state index is 0.0439. The SMILES string of the molecule is CC(C)(C)OC(=O)/N=C(/N)c1ccc2c(c1)[N+]([O-])(Cc1cccc3ccccc13)C(C(=O)NCC1CCNCC1)C2. The van der Waals surface area contributed by atoms with E-state index in [2.05, 4.69) is 15.6 Å². The van der Waals surface area contributed by atoms with Crippen LogP contribution in [0.2, 0.25) is 0 Å². The predicted molar refractivity (Wildman–Crippen MR) is 162 cm³/mol. The van der Waals surface area contributed by atoms with Gasteiger partial charge >= 0.3 is 6.09 Å². The summed E-state index contributed by atoms with van der Waals surface area (Å²) in [5.74, 6) is 0.107. The number of hydrogen-bond acceptors (Lipinski definition) is 5. The number of amides is 2. The van der Waals surface area contributed by atoms with E-state index >= 15 is 5.21 Å². The number of carbonyl (C=O) groups is 2. The van der Waals surface area contributed by atoms with Crippen molar-refractivity contribution in [1.29, 1.82) is 0 Å². The molecule has 0 saturated carbocycles. The number of nitrogens with two attached hydrogens (primary N) is 1. The molecule has 216 valence electrons. The second-order valence-corrected chi connectivity index (χ2v) is 12.1. The molecule has 3 aromatic carbocycles. The van der Waals surface area contributed by atoms with Gasteiger partial charge in [0.05, 0.1) is 0 Å². The highest BCUT2D eigenvalue weighted by Gasteiger charge is 2.45. The summed E-state index contributed by atoms with van der Waals surface area (Å²) in [6.45, 7) is 7.76. The molecule has 2 unspecified atom stereocenters. The maximum absolute atomic E-state index is 15.0. The fraction of sp³-hybridized carbons (Fsp3) is 0.406. The Morgan fingerprint density at radius 3 is 2.59 bits per heavy atom. The normalized spacial score (nSPS) is 21.5. The molecule has 41 heavy (non-hydrogen) atoms. The summed E-state index contributed by atoms with van der Waals surface area (Å²) >= 11 is 0. The third kappa shape index (κ3) is 6.43. The fourth-order valence-electron chi connectivity index (χ4n) is 5.83. The number of carbonyl (C=O) groups excluding carboxylic acids is 2. The van der Waals surface area contributed by atoms with Gasteiger partial charge in [-0.3, -0.25) is 4.79 Å². The van der Waals surface area contributed by atoms with E-state index in [1.807, 2.05) is 48.5 Å². The molecule has 4 N–H and O–H groups in total. The van der Waals surface area contributed by atoms with Gasteiger partial charge in [-0.1, -0.05) is 54.6 Å². The topological polar surface area (TPSA) is 129 Å². The number of aliphatic imine (C=N–C) groups is 1. The fourth-order valence-corrected chi connectivity index (χ4v) is 5.83. The van der Waals surface area contributed by atoms with E-state index in [1.165, 1.54) is 0 Å². The maximum Gasteiger partial charge on any atom is 0.436 e. The molecule has 0 bridgehead atoms. The zero-order chi connectivity index (χ0) is 29.2. The van der Waals surface area contributed by atoms with Gasteiger partial charge in [0, 0.05) is 35.7 Å². The Hall–Kier alpha value is -3.79. The number of ether oxygens (including phenoxy) is 1. The lowest BCUT2D eigenvalue weighted by molar-refractivity contribution is -0.125. The van der Waals surface area contributed by atoms with Crippen LogP contribution in [0.25, 0.3) is 10.8 Å². The Morgan fingerprint density at radius 1 is 1.10 bits per heavy atom. The van der Waals surface area contributed by atoms with Gasteiger partial charge in [0.25, 0.3) is 5.91 Å². The van der Waals surface area contributed by atoms with E-state index in [1.54, 1.807) is 32.9 Å². The van der Waals surface area contributed by atoms with Crippen molar-refractivity contribution in [2.75, 3.05) is 19.6 Å². The largest absolute Gasteiger partial charge is 0.627 e. The Labute approximate surface area is 240 Å². The van der Waals surface area contributed by atoms with Crippen molar-refractivity contribution in [3.8, 4) is 0 Å². The second-order valence-electron chi connectivity index (χ2n) is 12.1. The van der Waals surface area contributed by atoms with Gasteiger partial charge in [0.15, 0.2) is 6.04 Å². The first-order chi connectivity index (χ1) is 19.5. The van der Waals surface area contributed by atoms with Crippen LogP contribution in [0.5, 0.6) is 0 Å². The van der Waals surface area contributed by atoms with E-state index in [-0.39, 0.29) is 18.3 Å². The number of amidine groups is 1. The van der Waals surface area contributed by atoms with E-state index in [0.29, 0.717) is 30.1 Å². The van der Waals surface area contributed by atoms with Crippen LogP contribution in [0.4, 0.5) is 10.5 Å². The lowest BCUT2D eigenvalue weighted by Gasteiger charge is -2.44. The first-order valence-electron chi connectivity index (χ1n) is 14.3. The zero-order valence-electron chi connectivity index (χ0n) is 24.0. The first kappa shape index (κ1) is 28.7. The average molecular weight is 558 g/mol. The molecule has 3 aromatic rings. The molecule has 1 fully saturated rings. The van der Waals surface area contributed by atoms with Crippen LogP contribution in [0.1, 0.15) is 50.3 Å².